The van der Waals surface area contributed by atoms with Crippen LogP contribution in [0, 0.1) is 0 Å². The Labute approximate surface area is 145 Å². The van der Waals surface area contributed by atoms with Gasteiger partial charge in [0, 0.05) is 62.3 Å². The minimum atomic E-state index is -0.161. The molecule has 1 fully saturated rings. The van der Waals surface area contributed by atoms with Gasteiger partial charge in [-0.25, -0.2) is 0 Å². The van der Waals surface area contributed by atoms with Gasteiger partial charge in [-0.1, -0.05) is 15.9 Å². The van der Waals surface area contributed by atoms with Gasteiger partial charge in [0.2, 0.25) is 5.91 Å². The van der Waals surface area contributed by atoms with E-state index in [1.54, 1.807) is 12.1 Å². The van der Waals surface area contributed by atoms with Crippen LogP contribution >= 0.6 is 15.9 Å². The van der Waals surface area contributed by atoms with Crippen LogP contribution in [-0.2, 0) is 4.79 Å². The van der Waals surface area contributed by atoms with Crippen molar-refractivity contribution in [1.82, 2.24) is 20.9 Å². The van der Waals surface area contributed by atoms with Crippen LogP contribution in [0.25, 0.3) is 0 Å². The van der Waals surface area contributed by atoms with Crippen LogP contribution in [0.15, 0.2) is 28.7 Å². The number of halogens is 1. The number of hydrogen-bond donors (Lipinski definition) is 3. The quantitative estimate of drug-likeness (QED) is 0.645. The molecule has 0 saturated carbocycles. The Hall–Kier alpha value is -1.44. The smallest absolute Gasteiger partial charge is 0.251 e. The molecule has 1 aliphatic rings. The summed E-state index contributed by atoms with van der Waals surface area (Å²) in [5.41, 5.74) is 0.590. The van der Waals surface area contributed by atoms with E-state index in [2.05, 4.69) is 36.8 Å². The molecule has 3 N–H and O–H groups in total. The number of carbonyl (C=O) groups excluding carboxylic acids is 2. The molecule has 0 spiro atoms. The van der Waals surface area contributed by atoms with E-state index >= 15 is 0 Å². The predicted molar refractivity (Wildman–Crippen MR) is 93.4 cm³/mol. The molecule has 6 nitrogen and oxygen atoms in total. The van der Waals surface area contributed by atoms with Crippen molar-refractivity contribution in [2.45, 2.75) is 6.42 Å². The minimum Gasteiger partial charge on any atom is -0.355 e. The molecule has 0 bridgehead atoms. The second-order valence-electron chi connectivity index (χ2n) is 5.45. The summed E-state index contributed by atoms with van der Waals surface area (Å²) >= 11 is 3.33. The molecule has 0 unspecified atom stereocenters. The molecule has 126 valence electrons. The number of amides is 2. The van der Waals surface area contributed by atoms with Crippen molar-refractivity contribution in [2.24, 2.45) is 0 Å². The Kier molecular flexibility index (Phi) is 7.51. The van der Waals surface area contributed by atoms with Crippen molar-refractivity contribution in [3.05, 3.63) is 34.3 Å². The number of rotatable bonds is 7. The second kappa shape index (κ2) is 9.64. The normalized spacial score (nSPS) is 15.2. The number of piperazine rings is 1. The molecule has 1 saturated heterocycles. The van der Waals surface area contributed by atoms with Crippen molar-refractivity contribution < 1.29 is 9.59 Å². The molecule has 0 aromatic heterocycles. The van der Waals surface area contributed by atoms with Gasteiger partial charge in [-0.3, -0.25) is 14.5 Å². The lowest BCUT2D eigenvalue weighted by Gasteiger charge is -2.27. The van der Waals surface area contributed by atoms with Crippen molar-refractivity contribution in [1.29, 1.82) is 0 Å². The topological polar surface area (TPSA) is 73.5 Å². The fourth-order valence-corrected chi connectivity index (χ4v) is 2.63. The lowest BCUT2D eigenvalue weighted by Crippen LogP contribution is -2.46. The summed E-state index contributed by atoms with van der Waals surface area (Å²) in [6, 6.07) is 7.12. The lowest BCUT2D eigenvalue weighted by molar-refractivity contribution is -0.121. The highest BCUT2D eigenvalue weighted by Gasteiger charge is 2.10. The fraction of sp³-hybridized carbons (Fsp3) is 0.500. The van der Waals surface area contributed by atoms with E-state index in [0.717, 1.165) is 37.2 Å². The number of hydrogen-bond acceptors (Lipinski definition) is 4. The zero-order valence-corrected chi connectivity index (χ0v) is 14.7. The third kappa shape index (κ3) is 6.68. The highest BCUT2D eigenvalue weighted by Crippen LogP contribution is 2.10. The van der Waals surface area contributed by atoms with E-state index in [1.165, 1.54) is 0 Å². The first kappa shape index (κ1) is 17.9. The molecule has 1 aromatic rings. The van der Waals surface area contributed by atoms with Crippen molar-refractivity contribution in [3.63, 3.8) is 0 Å². The van der Waals surface area contributed by atoms with Crippen molar-refractivity contribution in [2.75, 3.05) is 45.8 Å². The van der Waals surface area contributed by atoms with E-state index in [9.17, 15) is 9.59 Å². The zero-order chi connectivity index (χ0) is 16.5. The summed E-state index contributed by atoms with van der Waals surface area (Å²) in [5.74, 6) is -0.192. The van der Waals surface area contributed by atoms with Gasteiger partial charge in [-0.15, -0.1) is 0 Å². The number of nitrogens with one attached hydrogen (secondary N) is 3. The molecule has 0 aliphatic carbocycles. The van der Waals surface area contributed by atoms with E-state index in [1.807, 2.05) is 12.1 Å². The molecule has 2 amide bonds. The number of nitrogens with zero attached hydrogens (tertiary/aromatic N) is 1. The molecule has 0 atom stereocenters. The average molecular weight is 383 g/mol. The van der Waals surface area contributed by atoms with E-state index in [0.29, 0.717) is 25.1 Å². The summed E-state index contributed by atoms with van der Waals surface area (Å²) in [6.07, 6.45) is 0.295. The maximum Gasteiger partial charge on any atom is 0.251 e. The number of benzene rings is 1. The lowest BCUT2D eigenvalue weighted by atomic mass is 10.2. The van der Waals surface area contributed by atoms with Gasteiger partial charge >= 0.3 is 0 Å². The summed E-state index contributed by atoms with van der Waals surface area (Å²) in [7, 11) is 0. The van der Waals surface area contributed by atoms with Gasteiger partial charge in [0.15, 0.2) is 0 Å². The van der Waals surface area contributed by atoms with Gasteiger partial charge in [-0.2, -0.15) is 0 Å². The predicted octanol–water partition coefficient (Wildman–Crippen LogP) is 0.590. The van der Waals surface area contributed by atoms with Gasteiger partial charge in [0.05, 0.1) is 0 Å². The maximum atomic E-state index is 11.9. The van der Waals surface area contributed by atoms with E-state index in [4.69, 9.17) is 0 Å². The van der Waals surface area contributed by atoms with Gasteiger partial charge < -0.3 is 16.0 Å². The van der Waals surface area contributed by atoms with E-state index in [-0.39, 0.29) is 11.8 Å². The van der Waals surface area contributed by atoms with Crippen LogP contribution in [0.1, 0.15) is 16.8 Å². The highest BCUT2D eigenvalue weighted by molar-refractivity contribution is 9.10. The third-order valence-electron chi connectivity index (χ3n) is 3.70. The molecule has 23 heavy (non-hydrogen) atoms. The van der Waals surface area contributed by atoms with Gasteiger partial charge in [-0.05, 0) is 24.3 Å². The van der Waals surface area contributed by atoms with Gasteiger partial charge in [0.1, 0.15) is 0 Å². The van der Waals surface area contributed by atoms with Crippen LogP contribution in [-0.4, -0.2) is 62.5 Å². The largest absolute Gasteiger partial charge is 0.355 e. The molecule has 1 aromatic carbocycles. The SMILES string of the molecule is O=C(CCNC(=O)c1ccc(Br)cc1)NCCN1CCNCC1. The number of carbonyl (C=O) groups is 2. The Morgan fingerprint density at radius 3 is 2.48 bits per heavy atom. The Bertz CT molecular complexity index is 515. The molecule has 0 radical (unpaired) electrons. The van der Waals surface area contributed by atoms with Crippen LogP contribution in [0.3, 0.4) is 0 Å². The molecule has 1 aliphatic heterocycles. The molecule has 2 rings (SSSR count). The summed E-state index contributed by atoms with van der Waals surface area (Å²) < 4.78 is 0.929. The molecular weight excluding hydrogens is 360 g/mol. The Morgan fingerprint density at radius 2 is 1.78 bits per heavy atom. The second-order valence-corrected chi connectivity index (χ2v) is 6.37. The monoisotopic (exact) mass is 382 g/mol. The molecular formula is C16H23BrN4O2. The first-order chi connectivity index (χ1) is 11.1. The van der Waals surface area contributed by atoms with Crippen LogP contribution in [0.2, 0.25) is 0 Å². The van der Waals surface area contributed by atoms with Crippen LogP contribution in [0.5, 0.6) is 0 Å². The van der Waals surface area contributed by atoms with Crippen LogP contribution < -0.4 is 16.0 Å². The molecule has 7 heteroatoms. The van der Waals surface area contributed by atoms with Crippen LogP contribution in [0.4, 0.5) is 0 Å². The van der Waals surface area contributed by atoms with Crippen molar-refractivity contribution in [3.8, 4) is 0 Å². The summed E-state index contributed by atoms with van der Waals surface area (Å²) in [5, 5.41) is 8.94. The van der Waals surface area contributed by atoms with E-state index < -0.39 is 0 Å². The highest BCUT2D eigenvalue weighted by atomic mass is 79.9. The Balaban J connectivity index is 1.57. The Morgan fingerprint density at radius 1 is 1.09 bits per heavy atom. The minimum absolute atomic E-state index is 0.0313. The zero-order valence-electron chi connectivity index (χ0n) is 13.1. The molecule has 1 heterocycles. The fourth-order valence-electron chi connectivity index (χ4n) is 2.37. The first-order valence-electron chi connectivity index (χ1n) is 7.89. The summed E-state index contributed by atoms with van der Waals surface area (Å²) in [4.78, 5) is 26.0. The first-order valence-corrected chi connectivity index (χ1v) is 8.68. The third-order valence-corrected chi connectivity index (χ3v) is 4.23. The van der Waals surface area contributed by atoms with Crippen molar-refractivity contribution >= 4 is 27.7 Å². The van der Waals surface area contributed by atoms with Gasteiger partial charge in [0.25, 0.3) is 5.91 Å². The summed E-state index contributed by atoms with van der Waals surface area (Å²) in [6.45, 7) is 5.94. The average Bonchev–Trinajstić information content (AvgIpc) is 2.56. The standard InChI is InChI=1S/C16H23BrN4O2/c17-14-3-1-13(2-4-14)16(23)20-6-5-15(22)19-9-12-21-10-7-18-8-11-21/h1-4,18H,5-12H2,(H,19,22)(H,20,23). The maximum absolute atomic E-state index is 11.9.